The average molecular weight is 733 g/mol. The number of nitrogens with zero attached hydrogens (tertiary/aromatic N) is 5. The standard InChI is InChI=1S/C33H40ClFN8.C6H12O.C2H6/c34-27-13-28(35)15-29(14-27)39-33-38-19-31-30(18-37-32(31)40-33)26-3-1-23(2-4-26)20-42-9-11-43(12-10-42)21-24-5-7-41(8-6-24)22-25-16-36-17-25;7-6-4-2-1-3-5-6;1-2/h1-4,13-15,18-19,24-25,36H,5-12,16-17,20-22H2,(H2,37,38,39,40);6-7H,1-5H2;1-2H3. The van der Waals surface area contributed by atoms with Gasteiger partial charge in [0.05, 0.1) is 6.10 Å². The molecule has 3 aliphatic heterocycles. The molecule has 0 atom stereocenters. The van der Waals surface area contributed by atoms with Crippen molar-refractivity contribution in [2.24, 2.45) is 11.8 Å². The van der Waals surface area contributed by atoms with Gasteiger partial charge in [0.2, 0.25) is 5.95 Å². The van der Waals surface area contributed by atoms with Crippen molar-refractivity contribution >= 4 is 34.3 Å². The fourth-order valence-corrected chi connectivity index (χ4v) is 8.00. The number of aromatic nitrogens is 3. The summed E-state index contributed by atoms with van der Waals surface area (Å²) < 4.78 is 13.7. The summed E-state index contributed by atoms with van der Waals surface area (Å²) in [6.45, 7) is 17.2. The lowest BCUT2D eigenvalue weighted by molar-refractivity contribution is 0.0849. The Morgan fingerprint density at radius 2 is 1.52 bits per heavy atom. The van der Waals surface area contributed by atoms with E-state index in [1.54, 1.807) is 12.3 Å². The lowest BCUT2D eigenvalue weighted by Crippen LogP contribution is -2.51. The molecular weight excluding hydrogens is 675 g/mol. The molecule has 282 valence electrons. The highest BCUT2D eigenvalue weighted by atomic mass is 35.5. The van der Waals surface area contributed by atoms with E-state index < -0.39 is 5.82 Å². The van der Waals surface area contributed by atoms with E-state index in [0.29, 0.717) is 22.3 Å². The fraction of sp³-hybridized carbons (Fsp3) is 0.561. The number of aliphatic hydroxyl groups is 1. The van der Waals surface area contributed by atoms with Crippen molar-refractivity contribution in [2.75, 3.05) is 70.8 Å². The third-order valence-electron chi connectivity index (χ3n) is 10.9. The SMILES string of the molecule is CC.Fc1cc(Cl)cc(Nc2ncc3c(-c4ccc(CN5CCN(CC6CCN(CC7CNC7)CC6)CC5)cc4)c[nH]c3n2)c1.OC1CCCCC1. The molecule has 8 rings (SSSR count). The smallest absolute Gasteiger partial charge is 0.229 e. The Hall–Kier alpha value is -3.12. The molecule has 1 saturated carbocycles. The van der Waals surface area contributed by atoms with E-state index in [2.05, 4.69) is 64.6 Å². The number of piperazine rings is 1. The number of rotatable bonds is 9. The Morgan fingerprint density at radius 3 is 2.15 bits per heavy atom. The summed E-state index contributed by atoms with van der Waals surface area (Å²) in [5.74, 6) is 1.71. The van der Waals surface area contributed by atoms with Gasteiger partial charge in [-0.2, -0.15) is 4.98 Å². The third kappa shape index (κ3) is 11.0. The lowest BCUT2D eigenvalue weighted by atomic mass is 9.94. The van der Waals surface area contributed by atoms with Crippen LogP contribution in [0.2, 0.25) is 5.02 Å². The molecule has 3 saturated heterocycles. The van der Waals surface area contributed by atoms with Crippen LogP contribution >= 0.6 is 11.6 Å². The van der Waals surface area contributed by atoms with Crippen LogP contribution in [-0.2, 0) is 6.54 Å². The minimum Gasteiger partial charge on any atom is -0.393 e. The predicted octanol–water partition coefficient (Wildman–Crippen LogP) is 7.55. The van der Waals surface area contributed by atoms with Gasteiger partial charge in [-0.25, -0.2) is 9.37 Å². The quantitative estimate of drug-likeness (QED) is 0.140. The summed E-state index contributed by atoms with van der Waals surface area (Å²) in [7, 11) is 0. The van der Waals surface area contributed by atoms with Crippen LogP contribution in [0.1, 0.15) is 64.4 Å². The number of hydrogen-bond acceptors (Lipinski definition) is 8. The second-order valence-corrected chi connectivity index (χ2v) is 15.2. The number of aliphatic hydroxyl groups excluding tert-OH is 1. The second kappa shape index (κ2) is 19.3. The lowest BCUT2D eigenvalue weighted by Gasteiger charge is -2.40. The molecule has 0 spiro atoms. The molecule has 52 heavy (non-hydrogen) atoms. The molecule has 4 fully saturated rings. The first kappa shape index (κ1) is 38.6. The Kier molecular flexibility index (Phi) is 14.3. The Labute approximate surface area is 314 Å². The number of piperidine rings is 1. The Balaban J connectivity index is 0.000000458. The Bertz CT molecular complexity index is 1640. The molecular formula is C41H58ClFN8O. The number of halogens is 2. The highest BCUT2D eigenvalue weighted by Crippen LogP contribution is 2.29. The maximum absolute atomic E-state index is 13.7. The number of likely N-dealkylation sites (tertiary alicyclic amines) is 1. The van der Waals surface area contributed by atoms with E-state index in [9.17, 15) is 4.39 Å². The predicted molar refractivity (Wildman–Crippen MR) is 212 cm³/mol. The minimum atomic E-state index is -0.414. The highest BCUT2D eigenvalue weighted by molar-refractivity contribution is 6.30. The number of anilines is 2. The van der Waals surface area contributed by atoms with E-state index in [1.165, 1.54) is 102 Å². The van der Waals surface area contributed by atoms with Crippen LogP contribution in [0.3, 0.4) is 0 Å². The van der Waals surface area contributed by atoms with Gasteiger partial charge < -0.3 is 30.5 Å². The second-order valence-electron chi connectivity index (χ2n) is 14.8. The number of benzene rings is 2. The van der Waals surface area contributed by atoms with Crippen molar-refractivity contribution in [1.29, 1.82) is 0 Å². The van der Waals surface area contributed by atoms with Crippen molar-refractivity contribution in [3.63, 3.8) is 0 Å². The van der Waals surface area contributed by atoms with Gasteiger partial charge in [-0.15, -0.1) is 0 Å². The van der Waals surface area contributed by atoms with Crippen LogP contribution in [0.5, 0.6) is 0 Å². The molecule has 0 bridgehead atoms. The van der Waals surface area contributed by atoms with Crippen molar-refractivity contribution < 1.29 is 9.50 Å². The van der Waals surface area contributed by atoms with Gasteiger partial charge in [-0.05, 0) is 79.9 Å². The molecule has 2 aromatic heterocycles. The molecule has 0 amide bonds. The third-order valence-corrected chi connectivity index (χ3v) is 11.1. The van der Waals surface area contributed by atoms with E-state index in [-0.39, 0.29) is 6.10 Å². The summed E-state index contributed by atoms with van der Waals surface area (Å²) in [5.41, 5.74) is 4.73. The van der Waals surface area contributed by atoms with Crippen molar-refractivity contribution in [3.05, 3.63) is 71.3 Å². The molecule has 0 unspecified atom stereocenters. The molecule has 5 heterocycles. The number of hydrogen-bond donors (Lipinski definition) is 4. The zero-order valence-corrected chi connectivity index (χ0v) is 31.9. The molecule has 4 aliphatic rings. The maximum atomic E-state index is 13.7. The van der Waals surface area contributed by atoms with Crippen LogP contribution in [-0.4, -0.2) is 106 Å². The van der Waals surface area contributed by atoms with E-state index in [0.717, 1.165) is 60.8 Å². The van der Waals surface area contributed by atoms with Crippen LogP contribution in [0.25, 0.3) is 22.2 Å². The summed E-state index contributed by atoms with van der Waals surface area (Å²) >= 11 is 5.97. The number of fused-ring (bicyclic) bond motifs is 1. The van der Waals surface area contributed by atoms with Crippen LogP contribution in [0.15, 0.2) is 54.9 Å². The fourth-order valence-electron chi connectivity index (χ4n) is 7.78. The number of nitrogens with one attached hydrogen (secondary N) is 3. The minimum absolute atomic E-state index is 0.0359. The first-order chi connectivity index (χ1) is 25.4. The monoisotopic (exact) mass is 732 g/mol. The summed E-state index contributed by atoms with van der Waals surface area (Å²) in [6.07, 6.45) is 12.4. The van der Waals surface area contributed by atoms with Gasteiger partial charge in [-0.1, -0.05) is 69.0 Å². The molecule has 0 radical (unpaired) electrons. The summed E-state index contributed by atoms with van der Waals surface area (Å²) in [6, 6.07) is 13.1. The van der Waals surface area contributed by atoms with E-state index in [1.807, 2.05) is 20.0 Å². The molecule has 1 aliphatic carbocycles. The van der Waals surface area contributed by atoms with E-state index >= 15 is 0 Å². The van der Waals surface area contributed by atoms with Gasteiger partial charge >= 0.3 is 0 Å². The highest BCUT2D eigenvalue weighted by Gasteiger charge is 2.26. The van der Waals surface area contributed by atoms with Crippen LogP contribution < -0.4 is 10.6 Å². The van der Waals surface area contributed by atoms with Crippen LogP contribution in [0.4, 0.5) is 16.0 Å². The summed E-state index contributed by atoms with van der Waals surface area (Å²) in [5, 5.41) is 16.6. The largest absolute Gasteiger partial charge is 0.393 e. The summed E-state index contributed by atoms with van der Waals surface area (Å²) in [4.78, 5) is 20.3. The maximum Gasteiger partial charge on any atom is 0.229 e. The van der Waals surface area contributed by atoms with Gasteiger partial charge in [0.15, 0.2) is 0 Å². The van der Waals surface area contributed by atoms with Crippen molar-refractivity contribution in [1.82, 2.24) is 35.0 Å². The number of H-pyrrole nitrogens is 1. The van der Waals surface area contributed by atoms with Gasteiger partial charge in [0.25, 0.3) is 0 Å². The van der Waals surface area contributed by atoms with Crippen LogP contribution in [0, 0.1) is 17.7 Å². The first-order valence-electron chi connectivity index (χ1n) is 19.7. The number of aromatic amines is 1. The van der Waals surface area contributed by atoms with Crippen molar-refractivity contribution in [3.8, 4) is 11.1 Å². The van der Waals surface area contributed by atoms with Crippen molar-refractivity contribution in [2.45, 2.75) is 71.4 Å². The molecule has 4 N–H and O–H groups in total. The molecule has 9 nitrogen and oxygen atoms in total. The van der Waals surface area contributed by atoms with Gasteiger partial charge in [0, 0.05) is 93.0 Å². The van der Waals surface area contributed by atoms with Gasteiger partial charge in [0.1, 0.15) is 11.5 Å². The first-order valence-corrected chi connectivity index (χ1v) is 20.0. The normalized spacial score (nSPS) is 19.7. The molecule has 4 aromatic rings. The average Bonchev–Trinajstić information content (AvgIpc) is 3.56. The topological polar surface area (TPSA) is 95.6 Å². The molecule has 2 aromatic carbocycles. The molecule has 11 heteroatoms. The Morgan fingerprint density at radius 1 is 0.846 bits per heavy atom. The zero-order chi connectivity index (χ0) is 36.3. The van der Waals surface area contributed by atoms with E-state index in [4.69, 9.17) is 16.7 Å². The zero-order valence-electron chi connectivity index (χ0n) is 31.1. The van der Waals surface area contributed by atoms with Gasteiger partial charge in [-0.3, -0.25) is 4.90 Å².